The quantitative estimate of drug-likeness (QED) is 0.415. The summed E-state index contributed by atoms with van der Waals surface area (Å²) in [6.45, 7) is 4.74. The molecule has 3 aromatic carbocycles. The molecule has 1 N–H and O–H groups in total. The molecule has 1 aliphatic rings. The van der Waals surface area contributed by atoms with E-state index in [2.05, 4.69) is 16.5 Å². The number of benzene rings is 3. The minimum Gasteiger partial charge on any atom is -0.489 e. The number of carbonyl (C=O) groups is 2. The molecular weight excluding hydrogens is 442 g/mol. The average molecular weight is 468 g/mol. The van der Waals surface area contributed by atoms with Crippen molar-refractivity contribution in [1.29, 1.82) is 0 Å². The van der Waals surface area contributed by atoms with Crippen LogP contribution in [0.1, 0.15) is 43.3 Å². The molecule has 35 heavy (non-hydrogen) atoms. The van der Waals surface area contributed by atoms with Crippen molar-refractivity contribution in [3.63, 3.8) is 0 Å². The predicted octanol–water partition coefficient (Wildman–Crippen LogP) is 5.33. The Balaban J connectivity index is 1.19. The summed E-state index contributed by atoms with van der Waals surface area (Å²) in [4.78, 5) is 27.5. The summed E-state index contributed by atoms with van der Waals surface area (Å²) < 4.78 is 10.9. The van der Waals surface area contributed by atoms with Crippen LogP contribution in [0.2, 0.25) is 0 Å². The molecule has 2 heterocycles. The minimum absolute atomic E-state index is 0.0417. The third-order valence-electron chi connectivity index (χ3n) is 6.20. The summed E-state index contributed by atoms with van der Waals surface area (Å²) in [5.41, 5.74) is 5.58. The molecule has 176 valence electrons. The Morgan fingerprint density at radius 3 is 2.40 bits per heavy atom. The Morgan fingerprint density at radius 2 is 1.69 bits per heavy atom. The normalized spacial score (nSPS) is 12.3. The number of carbonyl (C=O) groups excluding carboxylic acids is 2. The number of fused-ring (bicyclic) bond motifs is 1. The molecule has 2 amide bonds. The summed E-state index contributed by atoms with van der Waals surface area (Å²) in [7, 11) is 0. The van der Waals surface area contributed by atoms with E-state index < -0.39 is 0 Å². The fraction of sp³-hybridized carbons (Fsp3) is 0.179. The number of rotatable bonds is 6. The molecule has 0 radical (unpaired) electrons. The monoisotopic (exact) mass is 467 g/mol. The Hall–Kier alpha value is -4.39. The van der Waals surface area contributed by atoms with Gasteiger partial charge < -0.3 is 19.5 Å². The second kappa shape index (κ2) is 9.46. The number of aryl methyl sites for hydroxylation is 2. The Kier molecular flexibility index (Phi) is 6.06. The maximum Gasteiger partial charge on any atom is 0.258 e. The first kappa shape index (κ1) is 22.4. The van der Waals surface area contributed by atoms with Gasteiger partial charge in [-0.15, -0.1) is 0 Å². The van der Waals surface area contributed by atoms with Crippen molar-refractivity contribution in [3.05, 3.63) is 107 Å². The number of ether oxygens (including phenoxy) is 1. The maximum absolute atomic E-state index is 13.0. The van der Waals surface area contributed by atoms with Crippen molar-refractivity contribution in [2.24, 2.45) is 0 Å². The van der Waals surface area contributed by atoms with Crippen LogP contribution in [0.5, 0.6) is 5.75 Å². The second-order valence-corrected chi connectivity index (χ2v) is 8.48. The first-order chi connectivity index (χ1) is 17.0. The number of nitrogens with zero attached hydrogens (tertiary/aromatic N) is 2. The van der Waals surface area contributed by atoms with Crippen molar-refractivity contribution in [3.8, 4) is 5.75 Å². The van der Waals surface area contributed by atoms with Crippen LogP contribution in [0.25, 0.3) is 0 Å². The van der Waals surface area contributed by atoms with Crippen molar-refractivity contribution in [2.75, 3.05) is 16.8 Å². The van der Waals surface area contributed by atoms with Gasteiger partial charge in [-0.05, 0) is 80.4 Å². The molecule has 4 aromatic rings. The molecule has 0 saturated heterocycles. The summed E-state index contributed by atoms with van der Waals surface area (Å²) in [6, 6.07) is 21.9. The van der Waals surface area contributed by atoms with Crippen LogP contribution in [-0.4, -0.2) is 23.5 Å². The third-order valence-corrected chi connectivity index (χ3v) is 6.20. The van der Waals surface area contributed by atoms with E-state index >= 15 is 0 Å². The van der Waals surface area contributed by atoms with E-state index in [-0.39, 0.29) is 11.8 Å². The highest BCUT2D eigenvalue weighted by molar-refractivity contribution is 6.08. The zero-order valence-corrected chi connectivity index (χ0v) is 19.6. The molecule has 0 bridgehead atoms. The summed E-state index contributed by atoms with van der Waals surface area (Å²) >= 11 is 0. The zero-order chi connectivity index (χ0) is 24.4. The largest absolute Gasteiger partial charge is 0.489 e. The molecule has 0 saturated carbocycles. The van der Waals surface area contributed by atoms with Crippen molar-refractivity contribution >= 4 is 23.2 Å². The van der Waals surface area contributed by atoms with Gasteiger partial charge in [0.05, 0.1) is 11.3 Å². The molecule has 0 spiro atoms. The number of nitrogens with one attached hydrogen (secondary N) is 1. The Labute approximate surface area is 203 Å². The van der Waals surface area contributed by atoms with Crippen LogP contribution in [-0.2, 0) is 13.0 Å². The lowest BCUT2D eigenvalue weighted by Gasteiger charge is -2.17. The van der Waals surface area contributed by atoms with E-state index in [1.165, 1.54) is 5.56 Å². The van der Waals surface area contributed by atoms with E-state index in [1.807, 2.05) is 32.0 Å². The molecule has 0 aliphatic carbocycles. The van der Waals surface area contributed by atoms with Crippen LogP contribution in [0.15, 0.2) is 77.3 Å². The van der Waals surface area contributed by atoms with E-state index in [9.17, 15) is 9.59 Å². The first-order valence-corrected chi connectivity index (χ1v) is 11.5. The van der Waals surface area contributed by atoms with E-state index in [1.54, 1.807) is 53.4 Å². The van der Waals surface area contributed by atoms with Gasteiger partial charge in [-0.1, -0.05) is 23.4 Å². The summed E-state index contributed by atoms with van der Waals surface area (Å²) in [5, 5.41) is 6.79. The highest BCUT2D eigenvalue weighted by Crippen LogP contribution is 2.29. The SMILES string of the molecule is Cc1noc(C)c1COc1ccc(C(=O)Nc2ccc(C(=O)N3CCc4ccccc43)cc2)cc1. The number of amides is 2. The molecule has 7 nitrogen and oxygen atoms in total. The molecular formula is C28H25N3O4. The van der Waals surface area contributed by atoms with Crippen LogP contribution in [0.4, 0.5) is 11.4 Å². The van der Waals surface area contributed by atoms with Crippen LogP contribution < -0.4 is 15.0 Å². The molecule has 0 fully saturated rings. The minimum atomic E-state index is -0.241. The molecule has 5 rings (SSSR count). The van der Waals surface area contributed by atoms with E-state index in [0.717, 1.165) is 29.1 Å². The number of aromatic nitrogens is 1. The standard InChI is InChI=1S/C28H25N3O4/c1-18-25(19(2)35-30-18)17-34-24-13-9-21(10-14-24)27(32)29-23-11-7-22(8-12-23)28(33)31-16-15-20-5-3-4-6-26(20)31/h3-14H,15-17H2,1-2H3,(H,29,32). The summed E-state index contributed by atoms with van der Waals surface area (Å²) in [6.07, 6.45) is 0.861. The second-order valence-electron chi connectivity index (χ2n) is 8.48. The van der Waals surface area contributed by atoms with Crippen LogP contribution in [0, 0.1) is 13.8 Å². The van der Waals surface area contributed by atoms with E-state index in [4.69, 9.17) is 9.26 Å². The Bertz CT molecular complexity index is 1350. The van der Waals surface area contributed by atoms with Crippen LogP contribution in [0.3, 0.4) is 0 Å². The highest BCUT2D eigenvalue weighted by atomic mass is 16.5. The fourth-order valence-corrected chi connectivity index (χ4v) is 4.17. The number of hydrogen-bond donors (Lipinski definition) is 1. The molecule has 0 atom stereocenters. The van der Waals surface area contributed by atoms with Gasteiger partial charge >= 0.3 is 0 Å². The zero-order valence-electron chi connectivity index (χ0n) is 19.6. The van der Waals surface area contributed by atoms with Gasteiger partial charge in [-0.3, -0.25) is 9.59 Å². The number of hydrogen-bond acceptors (Lipinski definition) is 5. The van der Waals surface area contributed by atoms with Crippen molar-refractivity contribution < 1.29 is 18.8 Å². The fourth-order valence-electron chi connectivity index (χ4n) is 4.17. The van der Waals surface area contributed by atoms with Gasteiger partial charge in [-0.2, -0.15) is 0 Å². The topological polar surface area (TPSA) is 84.7 Å². The van der Waals surface area contributed by atoms with Crippen LogP contribution >= 0.6 is 0 Å². The van der Waals surface area contributed by atoms with Crippen molar-refractivity contribution in [1.82, 2.24) is 5.16 Å². The average Bonchev–Trinajstić information content (AvgIpc) is 3.46. The lowest BCUT2D eigenvalue weighted by molar-refractivity contribution is 0.0988. The summed E-state index contributed by atoms with van der Waals surface area (Å²) in [5.74, 6) is 1.10. The van der Waals surface area contributed by atoms with Gasteiger partial charge in [0.25, 0.3) is 11.8 Å². The van der Waals surface area contributed by atoms with Gasteiger partial charge in [-0.25, -0.2) is 0 Å². The lowest BCUT2D eigenvalue weighted by Crippen LogP contribution is -2.28. The smallest absolute Gasteiger partial charge is 0.258 e. The first-order valence-electron chi connectivity index (χ1n) is 11.5. The molecule has 0 unspecified atom stereocenters. The number of anilines is 2. The van der Waals surface area contributed by atoms with Gasteiger partial charge in [0.2, 0.25) is 0 Å². The third kappa shape index (κ3) is 4.66. The maximum atomic E-state index is 13.0. The Morgan fingerprint density at radius 1 is 0.971 bits per heavy atom. The van der Waals surface area contributed by atoms with E-state index in [0.29, 0.717) is 35.7 Å². The number of para-hydroxylation sites is 1. The van der Waals surface area contributed by atoms with Gasteiger partial charge in [0.15, 0.2) is 0 Å². The lowest BCUT2D eigenvalue weighted by atomic mass is 10.1. The highest BCUT2D eigenvalue weighted by Gasteiger charge is 2.25. The van der Waals surface area contributed by atoms with Gasteiger partial charge in [0, 0.05) is 29.0 Å². The van der Waals surface area contributed by atoms with Gasteiger partial charge in [0.1, 0.15) is 18.1 Å². The van der Waals surface area contributed by atoms with Crippen molar-refractivity contribution in [2.45, 2.75) is 26.9 Å². The molecule has 7 heteroatoms. The predicted molar refractivity (Wildman–Crippen MR) is 133 cm³/mol. The molecule has 1 aromatic heterocycles. The molecule has 1 aliphatic heterocycles.